The Morgan fingerprint density at radius 2 is 1.71 bits per heavy atom. The highest BCUT2D eigenvalue weighted by molar-refractivity contribution is 5.95. The first-order valence-corrected chi connectivity index (χ1v) is 9.72. The largest absolute Gasteiger partial charge is 0.375 e. The molecule has 4 amide bonds. The van der Waals surface area contributed by atoms with E-state index in [9.17, 15) is 14.4 Å². The molecule has 8 nitrogen and oxygen atoms in total. The van der Waals surface area contributed by atoms with Crippen LogP contribution in [0.4, 0.5) is 16.2 Å². The van der Waals surface area contributed by atoms with Crippen molar-refractivity contribution in [3.63, 3.8) is 0 Å². The summed E-state index contributed by atoms with van der Waals surface area (Å²) in [6.07, 6.45) is 1.28. The van der Waals surface area contributed by atoms with Gasteiger partial charge in [0, 0.05) is 50.6 Å². The van der Waals surface area contributed by atoms with Gasteiger partial charge in [-0.25, -0.2) is 4.79 Å². The Bertz CT molecular complexity index is 683. The Kier molecular flexibility index (Phi) is 8.25. The zero-order chi connectivity index (χ0) is 20.5. The molecule has 0 aliphatic carbocycles. The van der Waals surface area contributed by atoms with Crippen LogP contribution in [0.5, 0.6) is 0 Å². The molecule has 1 aromatic carbocycles. The third-order valence-corrected chi connectivity index (χ3v) is 4.86. The number of likely N-dealkylation sites (tertiary alicyclic amines) is 1. The molecule has 154 valence electrons. The molecule has 1 fully saturated rings. The van der Waals surface area contributed by atoms with Gasteiger partial charge in [-0.15, -0.1) is 0 Å². The number of piperidine rings is 1. The minimum absolute atomic E-state index is 0.0264. The number of nitrogens with one attached hydrogen (secondary N) is 2. The first-order chi connectivity index (χ1) is 13.5. The summed E-state index contributed by atoms with van der Waals surface area (Å²) in [6, 6.07) is 7.06. The van der Waals surface area contributed by atoms with Crippen molar-refractivity contribution in [2.24, 2.45) is 5.92 Å². The highest BCUT2D eigenvalue weighted by Gasteiger charge is 2.28. The SMILES string of the molecule is CCN(CC)C(=O)N1CCC(C(=O)Nc2cccc(NC(=O)COC)c2)CC1. The van der Waals surface area contributed by atoms with Crippen molar-refractivity contribution < 1.29 is 19.1 Å². The molecule has 1 heterocycles. The van der Waals surface area contributed by atoms with Crippen LogP contribution >= 0.6 is 0 Å². The summed E-state index contributed by atoms with van der Waals surface area (Å²) in [5.74, 6) is -0.445. The van der Waals surface area contributed by atoms with E-state index in [2.05, 4.69) is 10.6 Å². The van der Waals surface area contributed by atoms with Crippen LogP contribution in [-0.2, 0) is 14.3 Å². The topological polar surface area (TPSA) is 91.0 Å². The van der Waals surface area contributed by atoms with E-state index < -0.39 is 0 Å². The van der Waals surface area contributed by atoms with Crippen LogP contribution in [0.25, 0.3) is 0 Å². The van der Waals surface area contributed by atoms with Gasteiger partial charge in [-0.1, -0.05) is 6.07 Å². The Hall–Kier alpha value is -2.61. The fourth-order valence-corrected chi connectivity index (χ4v) is 3.27. The van der Waals surface area contributed by atoms with Gasteiger partial charge in [0.25, 0.3) is 0 Å². The van der Waals surface area contributed by atoms with Gasteiger partial charge in [0.2, 0.25) is 11.8 Å². The lowest BCUT2D eigenvalue weighted by molar-refractivity contribution is -0.121. The minimum atomic E-state index is -0.254. The summed E-state index contributed by atoms with van der Waals surface area (Å²) in [7, 11) is 1.46. The third-order valence-electron chi connectivity index (χ3n) is 4.86. The highest BCUT2D eigenvalue weighted by Crippen LogP contribution is 2.22. The molecule has 2 N–H and O–H groups in total. The van der Waals surface area contributed by atoms with Crippen LogP contribution in [0.15, 0.2) is 24.3 Å². The predicted molar refractivity (Wildman–Crippen MR) is 108 cm³/mol. The average Bonchev–Trinajstić information content (AvgIpc) is 2.69. The van der Waals surface area contributed by atoms with Crippen LogP contribution in [0.2, 0.25) is 0 Å². The summed E-state index contributed by atoms with van der Waals surface area (Å²) in [5, 5.41) is 5.62. The van der Waals surface area contributed by atoms with E-state index in [0.717, 1.165) is 0 Å². The summed E-state index contributed by atoms with van der Waals surface area (Å²) in [5.41, 5.74) is 1.22. The zero-order valence-corrected chi connectivity index (χ0v) is 16.9. The van der Waals surface area contributed by atoms with Crippen molar-refractivity contribution in [3.8, 4) is 0 Å². The first kappa shape index (κ1) is 21.7. The number of benzene rings is 1. The molecular weight excluding hydrogens is 360 g/mol. The number of rotatable bonds is 7. The number of nitrogens with zero attached hydrogens (tertiary/aromatic N) is 2. The second-order valence-corrected chi connectivity index (χ2v) is 6.77. The number of methoxy groups -OCH3 is 1. The van der Waals surface area contributed by atoms with Crippen molar-refractivity contribution in [2.45, 2.75) is 26.7 Å². The molecule has 0 atom stereocenters. The number of amides is 4. The number of hydrogen-bond donors (Lipinski definition) is 2. The number of ether oxygens (including phenoxy) is 1. The Morgan fingerprint density at radius 1 is 1.11 bits per heavy atom. The molecule has 1 aliphatic heterocycles. The molecule has 1 aromatic rings. The van der Waals surface area contributed by atoms with Gasteiger partial charge in [0.1, 0.15) is 6.61 Å². The number of urea groups is 1. The molecule has 1 saturated heterocycles. The van der Waals surface area contributed by atoms with Crippen molar-refractivity contribution in [2.75, 3.05) is 50.5 Å². The molecule has 2 rings (SSSR count). The van der Waals surface area contributed by atoms with Gasteiger partial charge in [0.05, 0.1) is 0 Å². The van der Waals surface area contributed by atoms with E-state index in [1.807, 2.05) is 18.7 Å². The van der Waals surface area contributed by atoms with Crippen molar-refractivity contribution >= 4 is 29.2 Å². The van der Waals surface area contributed by atoms with Crippen molar-refractivity contribution in [3.05, 3.63) is 24.3 Å². The van der Waals surface area contributed by atoms with Crippen molar-refractivity contribution in [1.29, 1.82) is 0 Å². The van der Waals surface area contributed by atoms with Gasteiger partial charge < -0.3 is 25.2 Å². The van der Waals surface area contributed by atoms with Gasteiger partial charge >= 0.3 is 6.03 Å². The molecule has 28 heavy (non-hydrogen) atoms. The van der Waals surface area contributed by atoms with E-state index in [1.165, 1.54) is 7.11 Å². The number of hydrogen-bond acceptors (Lipinski definition) is 4. The molecule has 0 saturated carbocycles. The summed E-state index contributed by atoms with van der Waals surface area (Å²) in [6.45, 7) is 6.45. The lowest BCUT2D eigenvalue weighted by Crippen LogP contribution is -2.47. The average molecular weight is 390 g/mol. The second kappa shape index (κ2) is 10.7. The van der Waals surface area contributed by atoms with Crippen molar-refractivity contribution in [1.82, 2.24) is 9.80 Å². The maximum absolute atomic E-state index is 12.6. The highest BCUT2D eigenvalue weighted by atomic mass is 16.5. The molecule has 8 heteroatoms. The van der Waals surface area contributed by atoms with Gasteiger partial charge in [-0.05, 0) is 44.9 Å². The Morgan fingerprint density at radius 3 is 2.29 bits per heavy atom. The van der Waals surface area contributed by atoms with Crippen LogP contribution in [0.3, 0.4) is 0 Å². The Balaban J connectivity index is 1.87. The van der Waals surface area contributed by atoms with E-state index >= 15 is 0 Å². The van der Waals surface area contributed by atoms with Gasteiger partial charge in [0.15, 0.2) is 0 Å². The monoisotopic (exact) mass is 390 g/mol. The van der Waals surface area contributed by atoms with E-state index in [-0.39, 0.29) is 30.4 Å². The smallest absolute Gasteiger partial charge is 0.319 e. The van der Waals surface area contributed by atoms with E-state index in [1.54, 1.807) is 29.2 Å². The third kappa shape index (κ3) is 5.95. The fourth-order valence-electron chi connectivity index (χ4n) is 3.27. The molecule has 0 spiro atoms. The second-order valence-electron chi connectivity index (χ2n) is 6.77. The lowest BCUT2D eigenvalue weighted by Gasteiger charge is -2.34. The molecule has 0 bridgehead atoms. The summed E-state index contributed by atoms with van der Waals surface area (Å²) < 4.78 is 4.79. The maximum atomic E-state index is 12.6. The first-order valence-electron chi connectivity index (χ1n) is 9.72. The standard InChI is InChI=1S/C20H30N4O4/c1-4-23(5-2)20(27)24-11-9-15(10-12-24)19(26)22-17-8-6-7-16(13-17)21-18(25)14-28-3/h6-8,13,15H,4-5,9-12,14H2,1-3H3,(H,21,25)(H,22,26). The fraction of sp³-hybridized carbons (Fsp3) is 0.550. The summed E-state index contributed by atoms with van der Waals surface area (Å²) >= 11 is 0. The predicted octanol–water partition coefficient (Wildman–Crippen LogP) is 2.38. The molecule has 0 radical (unpaired) electrons. The van der Waals surface area contributed by atoms with E-state index in [4.69, 9.17) is 4.74 Å². The maximum Gasteiger partial charge on any atom is 0.319 e. The molecular formula is C20H30N4O4. The zero-order valence-electron chi connectivity index (χ0n) is 16.9. The normalized spacial score (nSPS) is 14.5. The number of carbonyl (C=O) groups excluding carboxylic acids is 3. The molecule has 0 aromatic heterocycles. The number of anilines is 2. The molecule has 1 aliphatic rings. The van der Waals surface area contributed by atoms with Crippen LogP contribution in [0.1, 0.15) is 26.7 Å². The van der Waals surface area contributed by atoms with Crippen LogP contribution in [-0.4, -0.2) is 67.5 Å². The van der Waals surface area contributed by atoms with Gasteiger partial charge in [-0.2, -0.15) is 0 Å². The van der Waals surface area contributed by atoms with E-state index in [0.29, 0.717) is 50.4 Å². The van der Waals surface area contributed by atoms with Gasteiger partial charge in [-0.3, -0.25) is 9.59 Å². The number of carbonyl (C=O) groups is 3. The quantitative estimate of drug-likeness (QED) is 0.748. The minimum Gasteiger partial charge on any atom is -0.375 e. The Labute approximate surface area is 166 Å². The summed E-state index contributed by atoms with van der Waals surface area (Å²) in [4.78, 5) is 40.2. The van der Waals surface area contributed by atoms with Crippen LogP contribution < -0.4 is 10.6 Å². The lowest BCUT2D eigenvalue weighted by atomic mass is 9.96. The van der Waals surface area contributed by atoms with Crippen LogP contribution in [0, 0.1) is 5.92 Å². The molecule has 0 unspecified atom stereocenters.